The lowest BCUT2D eigenvalue weighted by atomic mass is 9.96. The van der Waals surface area contributed by atoms with E-state index >= 15 is 0 Å². The van der Waals surface area contributed by atoms with Crippen LogP contribution in [-0.4, -0.2) is 53.9 Å². The smallest absolute Gasteiger partial charge is 0.225 e. The molecule has 0 aliphatic carbocycles. The van der Waals surface area contributed by atoms with E-state index in [1.807, 2.05) is 69.2 Å². The summed E-state index contributed by atoms with van der Waals surface area (Å²) in [5.41, 5.74) is 1.72. The van der Waals surface area contributed by atoms with Crippen molar-refractivity contribution in [1.82, 2.24) is 25.5 Å². The van der Waals surface area contributed by atoms with Gasteiger partial charge in [0.25, 0.3) is 0 Å². The Labute approximate surface area is 184 Å². The fourth-order valence-electron chi connectivity index (χ4n) is 2.51. The minimum atomic E-state index is -0.381. The van der Waals surface area contributed by atoms with Gasteiger partial charge in [0.05, 0.1) is 18.4 Å². The second-order valence-corrected chi connectivity index (χ2v) is 7.45. The van der Waals surface area contributed by atoms with Crippen molar-refractivity contribution in [2.45, 2.75) is 27.3 Å². The van der Waals surface area contributed by atoms with Crippen molar-refractivity contribution in [2.75, 3.05) is 27.2 Å². The van der Waals surface area contributed by atoms with Crippen molar-refractivity contribution < 1.29 is 4.79 Å². The Hall–Kier alpha value is -2.10. The van der Waals surface area contributed by atoms with Gasteiger partial charge in [-0.1, -0.05) is 51.1 Å². The van der Waals surface area contributed by atoms with E-state index in [1.54, 1.807) is 7.05 Å². The summed E-state index contributed by atoms with van der Waals surface area (Å²) in [6.45, 7) is 7.44. The molecule has 8 heteroatoms. The predicted octanol–water partition coefficient (Wildman–Crippen LogP) is 2.86. The maximum atomic E-state index is 11.9. The highest BCUT2D eigenvalue weighted by Gasteiger charge is 2.20. The Bertz CT molecular complexity index is 767. The molecule has 1 amide bonds. The van der Waals surface area contributed by atoms with E-state index in [0.29, 0.717) is 19.6 Å². The van der Waals surface area contributed by atoms with Crippen molar-refractivity contribution in [3.63, 3.8) is 0 Å². The molecule has 7 nitrogen and oxygen atoms in total. The molecule has 3 N–H and O–H groups in total. The first kappa shape index (κ1) is 23.9. The summed E-state index contributed by atoms with van der Waals surface area (Å²) in [6.07, 6.45) is 1.84. The van der Waals surface area contributed by atoms with Gasteiger partial charge in [0, 0.05) is 32.6 Å². The summed E-state index contributed by atoms with van der Waals surface area (Å²) in [7, 11) is 3.69. The molecule has 0 radical (unpaired) electrons. The molecular weight excluding hydrogens is 467 g/mol. The highest BCUT2D eigenvalue weighted by Crippen LogP contribution is 2.16. The lowest BCUT2D eigenvalue weighted by Crippen LogP contribution is -2.44. The summed E-state index contributed by atoms with van der Waals surface area (Å²) < 4.78 is 0. The number of aromatic nitrogens is 2. The zero-order valence-electron chi connectivity index (χ0n) is 17.2. The molecule has 0 fully saturated rings. The Morgan fingerprint density at radius 3 is 2.43 bits per heavy atom. The second-order valence-electron chi connectivity index (χ2n) is 7.45. The Balaban J connectivity index is 0.00000392. The lowest BCUT2D eigenvalue weighted by molar-refractivity contribution is -0.128. The molecule has 0 spiro atoms. The molecule has 0 saturated carbocycles. The molecule has 0 aliphatic heterocycles. The van der Waals surface area contributed by atoms with Gasteiger partial charge < -0.3 is 20.5 Å². The monoisotopic (exact) mass is 498 g/mol. The van der Waals surface area contributed by atoms with Gasteiger partial charge in [-0.3, -0.25) is 9.79 Å². The van der Waals surface area contributed by atoms with Crippen molar-refractivity contribution in [2.24, 2.45) is 10.4 Å². The van der Waals surface area contributed by atoms with Gasteiger partial charge in [-0.05, 0) is 5.56 Å². The van der Waals surface area contributed by atoms with Crippen LogP contribution in [0.25, 0.3) is 11.3 Å². The quantitative estimate of drug-likeness (QED) is 0.248. The zero-order chi connectivity index (χ0) is 19.9. The number of hydrogen-bond donors (Lipinski definition) is 3. The molecule has 1 aromatic heterocycles. The third kappa shape index (κ3) is 7.14. The summed E-state index contributed by atoms with van der Waals surface area (Å²) in [5.74, 6) is 1.65. The van der Waals surface area contributed by atoms with Gasteiger partial charge in [0.1, 0.15) is 5.82 Å². The molecule has 1 aromatic carbocycles. The number of carbonyl (C=O) groups is 1. The van der Waals surface area contributed by atoms with Gasteiger partial charge in [-0.25, -0.2) is 4.98 Å². The number of benzene rings is 1. The first-order valence-corrected chi connectivity index (χ1v) is 9.10. The van der Waals surface area contributed by atoms with E-state index in [4.69, 9.17) is 0 Å². The van der Waals surface area contributed by atoms with Gasteiger partial charge in [-0.15, -0.1) is 24.0 Å². The molecule has 0 aliphatic rings. The van der Waals surface area contributed by atoms with Crippen LogP contribution in [0, 0.1) is 5.41 Å². The number of nitrogens with one attached hydrogen (secondary N) is 3. The Kier molecular flexibility index (Phi) is 9.44. The molecule has 0 unspecified atom stereocenters. The molecular formula is C20H31IN6O. The molecule has 1 heterocycles. The van der Waals surface area contributed by atoms with Gasteiger partial charge in [-0.2, -0.15) is 0 Å². The minimum absolute atomic E-state index is 0. The number of aromatic amines is 1. The maximum Gasteiger partial charge on any atom is 0.225 e. The van der Waals surface area contributed by atoms with Crippen molar-refractivity contribution in [3.05, 3.63) is 42.4 Å². The highest BCUT2D eigenvalue weighted by molar-refractivity contribution is 14.0. The number of halogens is 1. The average Bonchev–Trinajstić information content (AvgIpc) is 3.10. The summed E-state index contributed by atoms with van der Waals surface area (Å²) in [4.78, 5) is 26.0. The Morgan fingerprint density at radius 2 is 1.82 bits per heavy atom. The third-order valence-electron chi connectivity index (χ3n) is 4.05. The van der Waals surface area contributed by atoms with Crippen LogP contribution in [0.5, 0.6) is 0 Å². The van der Waals surface area contributed by atoms with Crippen molar-refractivity contribution >= 4 is 35.8 Å². The number of rotatable bonds is 6. The fourth-order valence-corrected chi connectivity index (χ4v) is 2.51. The van der Waals surface area contributed by atoms with E-state index in [9.17, 15) is 4.79 Å². The lowest BCUT2D eigenvalue weighted by Gasteiger charge is -2.22. The maximum absolute atomic E-state index is 11.9. The van der Waals surface area contributed by atoms with Crippen LogP contribution in [0.15, 0.2) is 41.5 Å². The number of guanidine groups is 1. The first-order valence-electron chi connectivity index (χ1n) is 9.10. The van der Waals surface area contributed by atoms with E-state index in [2.05, 4.69) is 25.6 Å². The van der Waals surface area contributed by atoms with Crippen LogP contribution in [0.3, 0.4) is 0 Å². The summed E-state index contributed by atoms with van der Waals surface area (Å²) in [5, 5.41) is 6.17. The number of imidazole rings is 1. The number of carbonyl (C=O) groups excluding carboxylic acids is 1. The van der Waals surface area contributed by atoms with E-state index in [-0.39, 0.29) is 35.3 Å². The van der Waals surface area contributed by atoms with Crippen molar-refractivity contribution in [1.29, 1.82) is 0 Å². The number of hydrogen-bond acceptors (Lipinski definition) is 3. The number of aliphatic imine (C=N–C) groups is 1. The molecule has 2 aromatic rings. The van der Waals surface area contributed by atoms with E-state index in [1.165, 1.54) is 0 Å². The van der Waals surface area contributed by atoms with E-state index < -0.39 is 0 Å². The molecule has 0 bridgehead atoms. The molecule has 0 atom stereocenters. The standard InChI is InChI=1S/C20H30N6O.HI/c1-20(2,3)18(27)22-11-12-23-19(21-4)26(5)14-17-24-13-16(25-17)15-9-7-6-8-10-15;/h6-10,13H,11-12,14H2,1-5H3,(H,21,23)(H,22,27)(H,24,25);1H. The molecule has 0 saturated heterocycles. The number of nitrogens with zero attached hydrogens (tertiary/aromatic N) is 3. The average molecular weight is 498 g/mol. The predicted molar refractivity (Wildman–Crippen MR) is 125 cm³/mol. The SMILES string of the molecule is CN=C(NCCNC(=O)C(C)(C)C)N(C)Cc1ncc(-c2ccccc2)[nH]1.I. The third-order valence-corrected chi connectivity index (χ3v) is 4.05. The van der Waals surface area contributed by atoms with E-state index in [0.717, 1.165) is 23.0 Å². The molecule has 154 valence electrons. The van der Waals surface area contributed by atoms with Crippen LogP contribution >= 0.6 is 24.0 Å². The van der Waals surface area contributed by atoms with Gasteiger partial charge in [0.15, 0.2) is 5.96 Å². The topological polar surface area (TPSA) is 85.4 Å². The highest BCUT2D eigenvalue weighted by atomic mass is 127. The largest absolute Gasteiger partial charge is 0.354 e. The van der Waals surface area contributed by atoms with Crippen molar-refractivity contribution in [3.8, 4) is 11.3 Å². The van der Waals surface area contributed by atoms with Crippen LogP contribution in [0.1, 0.15) is 26.6 Å². The van der Waals surface area contributed by atoms with Crippen LogP contribution < -0.4 is 10.6 Å². The Morgan fingerprint density at radius 1 is 1.18 bits per heavy atom. The molecule has 2 rings (SSSR count). The summed E-state index contributed by atoms with van der Waals surface area (Å²) >= 11 is 0. The van der Waals surface area contributed by atoms with Gasteiger partial charge in [0.2, 0.25) is 5.91 Å². The van der Waals surface area contributed by atoms with Crippen LogP contribution in [-0.2, 0) is 11.3 Å². The normalized spacial score (nSPS) is 11.5. The number of amides is 1. The zero-order valence-corrected chi connectivity index (χ0v) is 19.6. The van der Waals surface area contributed by atoms with Crippen LogP contribution in [0.2, 0.25) is 0 Å². The number of H-pyrrole nitrogens is 1. The van der Waals surface area contributed by atoms with Crippen LogP contribution in [0.4, 0.5) is 0 Å². The van der Waals surface area contributed by atoms with Gasteiger partial charge >= 0.3 is 0 Å². The molecule has 28 heavy (non-hydrogen) atoms. The summed E-state index contributed by atoms with van der Waals surface area (Å²) in [6, 6.07) is 10.1. The fraction of sp³-hybridized carbons (Fsp3) is 0.450. The first-order chi connectivity index (χ1) is 12.8. The second kappa shape index (κ2) is 11.0. The minimum Gasteiger partial charge on any atom is -0.354 e.